The number of carbonyl (C=O) groups is 1. The molecule has 1 atom stereocenters. The highest BCUT2D eigenvalue weighted by atomic mass is 32.2. The molecule has 0 radical (unpaired) electrons. The fourth-order valence-corrected chi connectivity index (χ4v) is 3.31. The minimum absolute atomic E-state index is 0.0108. The topological polar surface area (TPSA) is 130 Å². The molecule has 10 heteroatoms. The average Bonchev–Trinajstić information content (AvgIpc) is 3.06. The summed E-state index contributed by atoms with van der Waals surface area (Å²) in [4.78, 5) is 21.6. The predicted octanol–water partition coefficient (Wildman–Crippen LogP) is -0.401. The Kier molecular flexibility index (Phi) is 5.64. The molecule has 1 aromatic carbocycles. The highest BCUT2D eigenvalue weighted by Crippen LogP contribution is 2.16. The number of nitro benzene ring substituents is 1. The van der Waals surface area contributed by atoms with Crippen molar-refractivity contribution in [1.82, 2.24) is 15.4 Å². The van der Waals surface area contributed by atoms with Crippen LogP contribution in [0.3, 0.4) is 0 Å². The molecular weight excluding hydrogens is 324 g/mol. The Morgan fingerprint density at radius 2 is 2.17 bits per heavy atom. The summed E-state index contributed by atoms with van der Waals surface area (Å²) in [5, 5.41) is 16.4. The van der Waals surface area contributed by atoms with E-state index in [0.717, 1.165) is 19.0 Å². The van der Waals surface area contributed by atoms with Crippen molar-refractivity contribution >= 4 is 21.6 Å². The van der Waals surface area contributed by atoms with Crippen molar-refractivity contribution < 1.29 is 18.1 Å². The third-order valence-electron chi connectivity index (χ3n) is 3.49. The molecule has 1 saturated heterocycles. The molecule has 126 valence electrons. The molecule has 1 aromatic rings. The number of nitrogens with zero attached hydrogens (tertiary/aromatic N) is 1. The van der Waals surface area contributed by atoms with Crippen LogP contribution < -0.4 is 15.4 Å². The number of hydrogen-bond acceptors (Lipinski definition) is 6. The van der Waals surface area contributed by atoms with Crippen LogP contribution in [0.2, 0.25) is 0 Å². The zero-order valence-electron chi connectivity index (χ0n) is 12.3. The maximum absolute atomic E-state index is 12.1. The van der Waals surface area contributed by atoms with Gasteiger partial charge in [-0.15, -0.1) is 0 Å². The fourth-order valence-electron chi connectivity index (χ4n) is 2.24. The Labute approximate surface area is 133 Å². The zero-order chi connectivity index (χ0) is 16.9. The van der Waals surface area contributed by atoms with E-state index in [1.807, 2.05) is 0 Å². The summed E-state index contributed by atoms with van der Waals surface area (Å²) in [5.74, 6) is -0.187. The normalized spacial score (nSPS) is 17.8. The van der Waals surface area contributed by atoms with Crippen LogP contribution >= 0.6 is 0 Å². The van der Waals surface area contributed by atoms with Gasteiger partial charge in [0.15, 0.2) is 0 Å². The Bertz CT molecular complexity index is 685. The summed E-state index contributed by atoms with van der Waals surface area (Å²) < 4.78 is 26.4. The number of benzene rings is 1. The SMILES string of the molecule is O=C(NCCNS(=O)(=O)c1cccc([N+](=O)[O-])c1)C1CCNC1. The zero-order valence-corrected chi connectivity index (χ0v) is 13.1. The molecule has 0 aromatic heterocycles. The Hall–Kier alpha value is -2.04. The molecule has 1 amide bonds. The van der Waals surface area contributed by atoms with E-state index in [1.165, 1.54) is 18.2 Å². The van der Waals surface area contributed by atoms with Gasteiger partial charge in [0.25, 0.3) is 5.69 Å². The lowest BCUT2D eigenvalue weighted by Gasteiger charge is -2.10. The Morgan fingerprint density at radius 1 is 1.39 bits per heavy atom. The first-order chi connectivity index (χ1) is 10.9. The van der Waals surface area contributed by atoms with Crippen LogP contribution in [0.25, 0.3) is 0 Å². The maximum Gasteiger partial charge on any atom is 0.270 e. The van der Waals surface area contributed by atoms with Gasteiger partial charge in [0.05, 0.1) is 15.7 Å². The van der Waals surface area contributed by atoms with Crippen LogP contribution in [-0.2, 0) is 14.8 Å². The van der Waals surface area contributed by atoms with Crippen LogP contribution in [0.4, 0.5) is 5.69 Å². The van der Waals surface area contributed by atoms with Gasteiger partial charge in [-0.3, -0.25) is 14.9 Å². The predicted molar refractivity (Wildman–Crippen MR) is 82.3 cm³/mol. The number of nitrogens with one attached hydrogen (secondary N) is 3. The van der Waals surface area contributed by atoms with Gasteiger partial charge < -0.3 is 10.6 Å². The minimum atomic E-state index is -3.85. The van der Waals surface area contributed by atoms with Gasteiger partial charge in [0.1, 0.15) is 0 Å². The molecule has 3 N–H and O–H groups in total. The third kappa shape index (κ3) is 4.71. The number of hydrogen-bond donors (Lipinski definition) is 3. The van der Waals surface area contributed by atoms with Crippen LogP contribution in [0, 0.1) is 16.0 Å². The third-order valence-corrected chi connectivity index (χ3v) is 4.94. The van der Waals surface area contributed by atoms with Crippen LogP contribution in [-0.4, -0.2) is 45.4 Å². The highest BCUT2D eigenvalue weighted by molar-refractivity contribution is 7.89. The number of amides is 1. The van der Waals surface area contributed by atoms with Gasteiger partial charge >= 0.3 is 0 Å². The number of sulfonamides is 1. The number of carbonyl (C=O) groups excluding carboxylic acids is 1. The fraction of sp³-hybridized carbons (Fsp3) is 0.462. The summed E-state index contributed by atoms with van der Waals surface area (Å²) in [6, 6.07) is 4.79. The number of non-ortho nitro benzene ring substituents is 1. The lowest BCUT2D eigenvalue weighted by molar-refractivity contribution is -0.385. The first-order valence-electron chi connectivity index (χ1n) is 7.13. The van der Waals surface area contributed by atoms with Gasteiger partial charge in [-0.05, 0) is 19.0 Å². The van der Waals surface area contributed by atoms with Crippen molar-refractivity contribution in [3.8, 4) is 0 Å². The largest absolute Gasteiger partial charge is 0.355 e. The second-order valence-electron chi connectivity index (χ2n) is 5.13. The van der Waals surface area contributed by atoms with E-state index in [4.69, 9.17) is 0 Å². The molecule has 1 heterocycles. The summed E-state index contributed by atoms with van der Waals surface area (Å²) >= 11 is 0. The van der Waals surface area contributed by atoms with Gasteiger partial charge in [0, 0.05) is 31.8 Å². The van der Waals surface area contributed by atoms with E-state index >= 15 is 0 Å². The lowest BCUT2D eigenvalue weighted by atomic mass is 10.1. The van der Waals surface area contributed by atoms with Crippen molar-refractivity contribution in [2.24, 2.45) is 5.92 Å². The van der Waals surface area contributed by atoms with E-state index in [-0.39, 0.29) is 35.5 Å². The summed E-state index contributed by atoms with van der Waals surface area (Å²) in [6.07, 6.45) is 0.769. The van der Waals surface area contributed by atoms with Gasteiger partial charge in [-0.25, -0.2) is 13.1 Å². The maximum atomic E-state index is 12.1. The summed E-state index contributed by atoms with van der Waals surface area (Å²) in [7, 11) is -3.85. The summed E-state index contributed by atoms with van der Waals surface area (Å²) in [6.45, 7) is 1.60. The molecule has 0 bridgehead atoms. The van der Waals surface area contributed by atoms with Gasteiger partial charge in [-0.1, -0.05) is 6.07 Å². The molecule has 1 unspecified atom stereocenters. The quantitative estimate of drug-likeness (QED) is 0.351. The Balaban J connectivity index is 1.85. The monoisotopic (exact) mass is 342 g/mol. The first kappa shape index (κ1) is 17.3. The van der Waals surface area contributed by atoms with Crippen LogP contribution in [0.15, 0.2) is 29.2 Å². The van der Waals surface area contributed by atoms with Crippen molar-refractivity contribution in [2.45, 2.75) is 11.3 Å². The molecule has 9 nitrogen and oxygen atoms in total. The standard InChI is InChI=1S/C13H18N4O5S/c18-13(10-4-5-14-9-10)15-6-7-16-23(21,22)12-3-1-2-11(8-12)17(19)20/h1-3,8,10,14,16H,4-7,9H2,(H,15,18). The van der Waals surface area contributed by atoms with Gasteiger partial charge in [0.2, 0.25) is 15.9 Å². The van der Waals surface area contributed by atoms with E-state index in [2.05, 4.69) is 15.4 Å². The lowest BCUT2D eigenvalue weighted by Crippen LogP contribution is -2.38. The second-order valence-corrected chi connectivity index (χ2v) is 6.90. The van der Waals surface area contributed by atoms with Crippen LogP contribution in [0.5, 0.6) is 0 Å². The molecule has 23 heavy (non-hydrogen) atoms. The molecule has 1 aliphatic heterocycles. The average molecular weight is 342 g/mol. The van der Waals surface area contributed by atoms with Crippen molar-refractivity contribution in [3.05, 3.63) is 34.4 Å². The van der Waals surface area contributed by atoms with Crippen molar-refractivity contribution in [1.29, 1.82) is 0 Å². The number of nitro groups is 1. The molecule has 0 saturated carbocycles. The first-order valence-corrected chi connectivity index (χ1v) is 8.61. The molecule has 1 aliphatic rings. The summed E-state index contributed by atoms with van der Waals surface area (Å²) in [5.41, 5.74) is -0.296. The highest BCUT2D eigenvalue weighted by Gasteiger charge is 2.22. The smallest absolute Gasteiger partial charge is 0.270 e. The molecule has 0 spiro atoms. The van der Waals surface area contributed by atoms with E-state index in [0.29, 0.717) is 6.54 Å². The van der Waals surface area contributed by atoms with Crippen LogP contribution in [0.1, 0.15) is 6.42 Å². The number of rotatable bonds is 7. The van der Waals surface area contributed by atoms with Gasteiger partial charge in [-0.2, -0.15) is 0 Å². The van der Waals surface area contributed by atoms with Crippen molar-refractivity contribution in [3.63, 3.8) is 0 Å². The Morgan fingerprint density at radius 3 is 2.83 bits per heavy atom. The van der Waals surface area contributed by atoms with E-state index in [9.17, 15) is 23.3 Å². The second kappa shape index (κ2) is 7.49. The minimum Gasteiger partial charge on any atom is -0.355 e. The van der Waals surface area contributed by atoms with E-state index in [1.54, 1.807) is 0 Å². The van der Waals surface area contributed by atoms with E-state index < -0.39 is 14.9 Å². The molecular formula is C13H18N4O5S. The van der Waals surface area contributed by atoms with Crippen molar-refractivity contribution in [2.75, 3.05) is 26.2 Å². The molecule has 1 fully saturated rings. The molecule has 2 rings (SSSR count). The molecule has 0 aliphatic carbocycles.